The van der Waals surface area contributed by atoms with Gasteiger partial charge in [-0.25, -0.2) is 0 Å². The zero-order valence-corrected chi connectivity index (χ0v) is 12.2. The van der Waals surface area contributed by atoms with Crippen LogP contribution in [0, 0.1) is 0 Å². The molecule has 1 aromatic rings. The fourth-order valence-electron chi connectivity index (χ4n) is 1.91. The number of ketones is 1. The number of carbonyl (C=O) groups excluding carboxylic acids is 2. The van der Waals surface area contributed by atoms with Crippen molar-refractivity contribution in [2.45, 2.75) is 39.5 Å². The van der Waals surface area contributed by atoms with Gasteiger partial charge in [-0.05, 0) is 51.0 Å². The number of benzene rings is 1. The van der Waals surface area contributed by atoms with Gasteiger partial charge >= 0.3 is 0 Å². The number of rotatable bonds is 7. The lowest BCUT2D eigenvalue weighted by atomic mass is 10.1. The average Bonchev–Trinajstić information content (AvgIpc) is 2.37. The molecule has 0 aliphatic rings. The Labute approximate surface area is 119 Å². The third-order valence-corrected chi connectivity index (χ3v) is 3.18. The van der Waals surface area contributed by atoms with E-state index in [0.29, 0.717) is 24.4 Å². The van der Waals surface area contributed by atoms with Gasteiger partial charge in [0.2, 0.25) is 5.91 Å². The summed E-state index contributed by atoms with van der Waals surface area (Å²) in [5.74, 6) is 0.269. The molecule has 0 unspecified atom stereocenters. The van der Waals surface area contributed by atoms with Crippen LogP contribution < -0.4 is 4.90 Å². The van der Waals surface area contributed by atoms with E-state index in [1.54, 1.807) is 24.0 Å². The van der Waals surface area contributed by atoms with Gasteiger partial charge in [0.15, 0.2) is 0 Å². The van der Waals surface area contributed by atoms with Gasteiger partial charge in [0.05, 0.1) is 0 Å². The van der Waals surface area contributed by atoms with E-state index >= 15 is 0 Å². The summed E-state index contributed by atoms with van der Waals surface area (Å²) >= 11 is 5.84. The number of hydrogen-bond acceptors (Lipinski definition) is 2. The Morgan fingerprint density at radius 1 is 1.11 bits per heavy atom. The first-order chi connectivity index (χ1) is 9.04. The zero-order valence-electron chi connectivity index (χ0n) is 11.5. The van der Waals surface area contributed by atoms with Gasteiger partial charge in [0.25, 0.3) is 0 Å². The molecule has 0 aromatic heterocycles. The predicted molar refractivity (Wildman–Crippen MR) is 78.6 cm³/mol. The maximum Gasteiger partial charge on any atom is 0.226 e. The molecule has 0 aliphatic heterocycles. The SMILES string of the molecule is CCN(C(=O)CCCCC(C)=O)c1ccc(Cl)cc1. The highest BCUT2D eigenvalue weighted by molar-refractivity contribution is 6.30. The van der Waals surface area contributed by atoms with Crippen LogP contribution in [0.3, 0.4) is 0 Å². The van der Waals surface area contributed by atoms with E-state index in [2.05, 4.69) is 0 Å². The van der Waals surface area contributed by atoms with Crippen molar-refractivity contribution in [1.29, 1.82) is 0 Å². The summed E-state index contributed by atoms with van der Waals surface area (Å²) in [7, 11) is 0. The normalized spacial score (nSPS) is 10.3. The molecule has 0 fully saturated rings. The summed E-state index contributed by atoms with van der Waals surface area (Å²) in [4.78, 5) is 24.7. The molecule has 0 saturated heterocycles. The molecule has 0 heterocycles. The van der Waals surface area contributed by atoms with Gasteiger partial charge in [-0.1, -0.05) is 11.6 Å². The maximum atomic E-state index is 12.1. The van der Waals surface area contributed by atoms with Crippen LogP contribution in [-0.4, -0.2) is 18.2 Å². The summed E-state index contributed by atoms with van der Waals surface area (Å²) in [6.45, 7) is 4.16. The van der Waals surface area contributed by atoms with Crippen molar-refractivity contribution in [2.24, 2.45) is 0 Å². The predicted octanol–water partition coefficient (Wildman–Crippen LogP) is 3.84. The van der Waals surface area contributed by atoms with E-state index in [9.17, 15) is 9.59 Å². The van der Waals surface area contributed by atoms with E-state index in [4.69, 9.17) is 11.6 Å². The van der Waals surface area contributed by atoms with Crippen LogP contribution >= 0.6 is 11.6 Å². The lowest BCUT2D eigenvalue weighted by Gasteiger charge is -2.21. The number of hydrogen-bond donors (Lipinski definition) is 0. The average molecular weight is 282 g/mol. The Bertz CT molecular complexity index is 428. The molecule has 104 valence electrons. The molecule has 4 heteroatoms. The smallest absolute Gasteiger partial charge is 0.226 e. The maximum absolute atomic E-state index is 12.1. The monoisotopic (exact) mass is 281 g/mol. The van der Waals surface area contributed by atoms with Crippen LogP contribution in [0.25, 0.3) is 0 Å². The highest BCUT2D eigenvalue weighted by atomic mass is 35.5. The molecule has 3 nitrogen and oxygen atoms in total. The third-order valence-electron chi connectivity index (χ3n) is 2.93. The molecule has 19 heavy (non-hydrogen) atoms. The van der Waals surface area contributed by atoms with Crippen LogP contribution in [0.1, 0.15) is 39.5 Å². The van der Waals surface area contributed by atoms with Crippen molar-refractivity contribution in [3.8, 4) is 0 Å². The first kappa shape index (κ1) is 15.7. The highest BCUT2D eigenvalue weighted by Crippen LogP contribution is 2.19. The molecule has 0 spiro atoms. The van der Waals surface area contributed by atoms with E-state index in [1.807, 2.05) is 19.1 Å². The summed E-state index contributed by atoms with van der Waals surface area (Å²) in [5.41, 5.74) is 0.864. The summed E-state index contributed by atoms with van der Waals surface area (Å²) in [6, 6.07) is 7.25. The van der Waals surface area contributed by atoms with Gasteiger partial charge in [0, 0.05) is 30.1 Å². The molecule has 0 atom stereocenters. The lowest BCUT2D eigenvalue weighted by molar-refractivity contribution is -0.119. The Morgan fingerprint density at radius 2 is 1.68 bits per heavy atom. The first-order valence-electron chi connectivity index (χ1n) is 6.60. The van der Waals surface area contributed by atoms with Gasteiger partial charge in [0.1, 0.15) is 5.78 Å². The zero-order chi connectivity index (χ0) is 14.3. The van der Waals surface area contributed by atoms with E-state index in [-0.39, 0.29) is 11.7 Å². The first-order valence-corrected chi connectivity index (χ1v) is 6.97. The number of amides is 1. The van der Waals surface area contributed by atoms with Crippen molar-refractivity contribution < 1.29 is 9.59 Å². The van der Waals surface area contributed by atoms with E-state index < -0.39 is 0 Å². The number of carbonyl (C=O) groups is 2. The molecule has 0 saturated carbocycles. The molecule has 0 radical (unpaired) electrons. The molecule has 1 rings (SSSR count). The largest absolute Gasteiger partial charge is 0.313 e. The van der Waals surface area contributed by atoms with Crippen LogP contribution in [-0.2, 0) is 9.59 Å². The lowest BCUT2D eigenvalue weighted by Crippen LogP contribution is -2.30. The minimum atomic E-state index is 0.0911. The van der Waals surface area contributed by atoms with E-state index in [0.717, 1.165) is 18.5 Å². The van der Waals surface area contributed by atoms with Crippen molar-refractivity contribution in [3.05, 3.63) is 29.3 Å². The summed E-state index contributed by atoms with van der Waals surface area (Å²) < 4.78 is 0. The molecule has 0 aliphatic carbocycles. The second-order valence-corrected chi connectivity index (χ2v) is 4.96. The minimum Gasteiger partial charge on any atom is -0.313 e. The number of halogens is 1. The molecular formula is C15H20ClNO2. The molecule has 0 N–H and O–H groups in total. The van der Waals surface area contributed by atoms with Crippen molar-refractivity contribution in [2.75, 3.05) is 11.4 Å². The van der Waals surface area contributed by atoms with Crippen LogP contribution in [0.4, 0.5) is 5.69 Å². The molecular weight excluding hydrogens is 262 g/mol. The fraction of sp³-hybridized carbons (Fsp3) is 0.467. The van der Waals surface area contributed by atoms with Crippen LogP contribution in [0.5, 0.6) is 0 Å². The highest BCUT2D eigenvalue weighted by Gasteiger charge is 2.13. The van der Waals surface area contributed by atoms with Crippen molar-refractivity contribution >= 4 is 29.0 Å². The van der Waals surface area contributed by atoms with Gasteiger partial charge in [-0.2, -0.15) is 0 Å². The Kier molecular flexibility index (Phi) is 6.57. The standard InChI is InChI=1S/C15H20ClNO2/c1-3-17(14-10-8-13(16)9-11-14)15(19)7-5-4-6-12(2)18/h8-11H,3-7H2,1-2H3. The molecule has 1 amide bonds. The second kappa shape index (κ2) is 7.95. The Balaban J connectivity index is 2.52. The van der Waals surface area contributed by atoms with Gasteiger partial charge in [-0.15, -0.1) is 0 Å². The Morgan fingerprint density at radius 3 is 2.21 bits per heavy atom. The van der Waals surface area contributed by atoms with Crippen LogP contribution in [0.15, 0.2) is 24.3 Å². The van der Waals surface area contributed by atoms with Gasteiger partial charge < -0.3 is 9.69 Å². The van der Waals surface area contributed by atoms with Crippen molar-refractivity contribution in [3.63, 3.8) is 0 Å². The summed E-state index contributed by atoms with van der Waals surface area (Å²) in [6.07, 6.45) is 2.56. The fourth-order valence-corrected chi connectivity index (χ4v) is 2.04. The number of anilines is 1. The van der Waals surface area contributed by atoms with Gasteiger partial charge in [-0.3, -0.25) is 4.79 Å². The molecule has 1 aromatic carbocycles. The molecule has 0 bridgehead atoms. The topological polar surface area (TPSA) is 37.4 Å². The number of nitrogens with zero attached hydrogens (tertiary/aromatic N) is 1. The number of Topliss-reactive ketones (excluding diaryl/α,β-unsaturated/α-hetero) is 1. The minimum absolute atomic E-state index is 0.0911. The number of unbranched alkanes of at least 4 members (excludes halogenated alkanes) is 1. The van der Waals surface area contributed by atoms with Crippen molar-refractivity contribution in [1.82, 2.24) is 0 Å². The van der Waals surface area contributed by atoms with Crippen LogP contribution in [0.2, 0.25) is 5.02 Å². The quantitative estimate of drug-likeness (QED) is 0.712. The Hall–Kier alpha value is -1.35. The third kappa shape index (κ3) is 5.43. The second-order valence-electron chi connectivity index (χ2n) is 4.52. The summed E-state index contributed by atoms with van der Waals surface area (Å²) in [5, 5.41) is 0.661. The van der Waals surface area contributed by atoms with E-state index in [1.165, 1.54) is 0 Å².